The van der Waals surface area contributed by atoms with Crippen LogP contribution in [0, 0.1) is 11.3 Å². The van der Waals surface area contributed by atoms with Crippen molar-refractivity contribution in [3.8, 4) is 11.9 Å². The van der Waals surface area contributed by atoms with Crippen molar-refractivity contribution >= 4 is 0 Å². The molecule has 2 aromatic rings. The maximum atomic E-state index is 9.48. The molecule has 2 aromatic heterocycles. The molecule has 5 nitrogen and oxygen atoms in total. The maximum absolute atomic E-state index is 9.48. The van der Waals surface area contributed by atoms with Crippen LogP contribution in [0.3, 0.4) is 0 Å². The molecular formula is C15H17N5. The molecule has 0 aromatic carbocycles. The number of aryl methyl sites for hydroxylation is 1. The first-order valence-electron chi connectivity index (χ1n) is 7.12. The van der Waals surface area contributed by atoms with Gasteiger partial charge in [0.15, 0.2) is 5.82 Å². The largest absolute Gasteiger partial charge is 0.219 e. The molecule has 0 saturated heterocycles. The molecule has 0 N–H and O–H groups in total. The van der Waals surface area contributed by atoms with Gasteiger partial charge in [-0.05, 0) is 37.3 Å². The summed E-state index contributed by atoms with van der Waals surface area (Å²) in [6, 6.07) is 4.29. The van der Waals surface area contributed by atoms with Gasteiger partial charge in [-0.15, -0.1) is 5.10 Å². The zero-order chi connectivity index (χ0) is 14.1. The summed E-state index contributed by atoms with van der Waals surface area (Å²) in [6.07, 6.45) is 5.87. The molecule has 5 heteroatoms. The second kappa shape index (κ2) is 5.04. The van der Waals surface area contributed by atoms with E-state index in [0.717, 1.165) is 29.8 Å². The van der Waals surface area contributed by atoms with E-state index in [-0.39, 0.29) is 0 Å². The van der Waals surface area contributed by atoms with Gasteiger partial charge < -0.3 is 0 Å². The summed E-state index contributed by atoms with van der Waals surface area (Å²) in [6.45, 7) is 4.07. The van der Waals surface area contributed by atoms with Crippen molar-refractivity contribution in [2.75, 3.05) is 0 Å². The third-order valence-electron chi connectivity index (χ3n) is 3.76. The Labute approximate surface area is 118 Å². The average Bonchev–Trinajstić information content (AvgIpc) is 3.23. The van der Waals surface area contributed by atoms with Crippen LogP contribution in [0.25, 0.3) is 5.82 Å². The molecule has 1 fully saturated rings. The number of aromatic nitrogens is 4. The number of hydrogen-bond acceptors (Lipinski definition) is 4. The summed E-state index contributed by atoms with van der Waals surface area (Å²) in [5, 5.41) is 22.5. The summed E-state index contributed by atoms with van der Waals surface area (Å²) < 4.78 is 1.69. The Balaban J connectivity index is 2.10. The maximum Gasteiger partial charge on any atom is 0.193 e. The van der Waals surface area contributed by atoms with Crippen molar-refractivity contribution in [3.05, 3.63) is 34.8 Å². The van der Waals surface area contributed by atoms with Crippen molar-refractivity contribution in [2.24, 2.45) is 0 Å². The van der Waals surface area contributed by atoms with Gasteiger partial charge in [-0.2, -0.15) is 15.5 Å². The first-order chi connectivity index (χ1) is 9.78. The van der Waals surface area contributed by atoms with Crippen LogP contribution in [0.15, 0.2) is 12.3 Å². The van der Waals surface area contributed by atoms with Crippen molar-refractivity contribution in [1.29, 1.82) is 5.26 Å². The predicted octanol–water partition coefficient (Wildman–Crippen LogP) is 2.54. The van der Waals surface area contributed by atoms with E-state index in [4.69, 9.17) is 0 Å². The Morgan fingerprint density at radius 1 is 1.30 bits per heavy atom. The van der Waals surface area contributed by atoms with Gasteiger partial charge in [-0.25, -0.2) is 4.68 Å². The van der Waals surface area contributed by atoms with Crippen molar-refractivity contribution in [3.63, 3.8) is 0 Å². The summed E-state index contributed by atoms with van der Waals surface area (Å²) >= 11 is 0. The number of rotatable bonds is 4. The smallest absolute Gasteiger partial charge is 0.193 e. The highest BCUT2D eigenvalue weighted by Gasteiger charge is 2.26. The van der Waals surface area contributed by atoms with Crippen molar-refractivity contribution in [1.82, 2.24) is 20.0 Å². The fourth-order valence-corrected chi connectivity index (χ4v) is 2.49. The number of hydrogen-bond donors (Lipinski definition) is 0. The Morgan fingerprint density at radius 2 is 2.10 bits per heavy atom. The second-order valence-corrected chi connectivity index (χ2v) is 5.10. The first-order valence-corrected chi connectivity index (χ1v) is 7.12. The molecular weight excluding hydrogens is 250 g/mol. The van der Waals surface area contributed by atoms with Gasteiger partial charge in [0.25, 0.3) is 0 Å². The quantitative estimate of drug-likeness (QED) is 0.853. The first kappa shape index (κ1) is 12.8. The van der Waals surface area contributed by atoms with Gasteiger partial charge in [0.05, 0.1) is 11.4 Å². The van der Waals surface area contributed by atoms with E-state index in [1.807, 2.05) is 26.1 Å². The van der Waals surface area contributed by atoms with E-state index < -0.39 is 0 Å². The Morgan fingerprint density at radius 3 is 2.70 bits per heavy atom. The topological polar surface area (TPSA) is 67.4 Å². The molecule has 0 aliphatic heterocycles. The number of nitriles is 1. The monoisotopic (exact) mass is 267 g/mol. The Kier molecular flexibility index (Phi) is 3.23. The van der Waals surface area contributed by atoms with E-state index >= 15 is 0 Å². The van der Waals surface area contributed by atoms with Crippen LogP contribution < -0.4 is 0 Å². The summed E-state index contributed by atoms with van der Waals surface area (Å²) in [4.78, 5) is 0. The molecule has 3 rings (SSSR count). The molecule has 0 bridgehead atoms. The van der Waals surface area contributed by atoms with E-state index in [0.29, 0.717) is 17.3 Å². The minimum atomic E-state index is 0.549. The molecule has 20 heavy (non-hydrogen) atoms. The third-order valence-corrected chi connectivity index (χ3v) is 3.76. The van der Waals surface area contributed by atoms with E-state index in [9.17, 15) is 5.26 Å². The van der Waals surface area contributed by atoms with Crippen LogP contribution in [0.2, 0.25) is 0 Å². The van der Waals surface area contributed by atoms with Gasteiger partial charge in [0.1, 0.15) is 11.6 Å². The van der Waals surface area contributed by atoms with Gasteiger partial charge in [-0.3, -0.25) is 0 Å². The summed E-state index contributed by atoms with van der Waals surface area (Å²) in [5.41, 5.74) is 3.59. The third kappa shape index (κ3) is 2.07. The van der Waals surface area contributed by atoms with Gasteiger partial charge in [0.2, 0.25) is 0 Å². The van der Waals surface area contributed by atoms with E-state index in [2.05, 4.69) is 21.4 Å². The van der Waals surface area contributed by atoms with E-state index in [1.54, 1.807) is 4.68 Å². The van der Waals surface area contributed by atoms with Crippen LogP contribution in [0.1, 0.15) is 55.1 Å². The zero-order valence-electron chi connectivity index (χ0n) is 11.8. The fraction of sp³-hybridized carbons (Fsp3) is 0.467. The lowest BCUT2D eigenvalue weighted by molar-refractivity contribution is 0.763. The molecule has 0 unspecified atom stereocenters. The summed E-state index contributed by atoms with van der Waals surface area (Å²) in [5.74, 6) is 1.14. The lowest BCUT2D eigenvalue weighted by atomic mass is 10.0. The lowest BCUT2D eigenvalue weighted by Gasteiger charge is -2.10. The SMILES string of the molecule is CCc1nnc(-n2ccc(C3CC3)n2)c(C#N)c1CC. The van der Waals surface area contributed by atoms with Crippen molar-refractivity contribution in [2.45, 2.75) is 45.4 Å². The molecule has 102 valence electrons. The van der Waals surface area contributed by atoms with E-state index in [1.165, 1.54) is 12.8 Å². The lowest BCUT2D eigenvalue weighted by Crippen LogP contribution is -2.10. The molecule has 1 aliphatic carbocycles. The van der Waals surface area contributed by atoms with Crippen LogP contribution in [-0.4, -0.2) is 20.0 Å². The molecule has 0 spiro atoms. The Hall–Kier alpha value is -2.22. The highest BCUT2D eigenvalue weighted by atomic mass is 15.3. The molecule has 0 amide bonds. The molecule has 0 radical (unpaired) electrons. The molecule has 0 atom stereocenters. The van der Waals surface area contributed by atoms with Crippen LogP contribution >= 0.6 is 0 Å². The van der Waals surface area contributed by atoms with Crippen LogP contribution in [-0.2, 0) is 12.8 Å². The summed E-state index contributed by atoms with van der Waals surface area (Å²) in [7, 11) is 0. The van der Waals surface area contributed by atoms with Crippen LogP contribution in [0.4, 0.5) is 0 Å². The normalized spacial score (nSPS) is 14.2. The predicted molar refractivity (Wildman–Crippen MR) is 74.6 cm³/mol. The molecule has 1 aliphatic rings. The second-order valence-electron chi connectivity index (χ2n) is 5.10. The van der Waals surface area contributed by atoms with Crippen LogP contribution in [0.5, 0.6) is 0 Å². The fourth-order valence-electron chi connectivity index (χ4n) is 2.49. The van der Waals surface area contributed by atoms with Gasteiger partial charge in [-0.1, -0.05) is 13.8 Å². The zero-order valence-corrected chi connectivity index (χ0v) is 11.8. The van der Waals surface area contributed by atoms with Gasteiger partial charge >= 0.3 is 0 Å². The Bertz CT molecular complexity index is 676. The average molecular weight is 267 g/mol. The highest BCUT2D eigenvalue weighted by Crippen LogP contribution is 2.39. The highest BCUT2D eigenvalue weighted by molar-refractivity contribution is 5.49. The number of nitrogens with zero attached hydrogens (tertiary/aromatic N) is 5. The molecule has 2 heterocycles. The minimum absolute atomic E-state index is 0.549. The van der Waals surface area contributed by atoms with Crippen molar-refractivity contribution < 1.29 is 0 Å². The molecule has 1 saturated carbocycles. The minimum Gasteiger partial charge on any atom is -0.219 e. The van der Waals surface area contributed by atoms with Gasteiger partial charge in [0, 0.05) is 12.1 Å². The standard InChI is InChI=1S/C15H17N5/c1-3-11-12(9-16)15(18-17-13(11)4-2)20-8-7-14(19-20)10-5-6-10/h7-8,10H,3-6H2,1-2H3.